The van der Waals surface area contributed by atoms with E-state index < -0.39 is 11.8 Å². The molecule has 0 unspecified atom stereocenters. The normalized spacial score (nSPS) is 10.9. The lowest BCUT2D eigenvalue weighted by Gasteiger charge is -2.15. The largest absolute Gasteiger partial charge is 0.508 e. The van der Waals surface area contributed by atoms with Gasteiger partial charge < -0.3 is 15.6 Å². The number of amides is 2. The number of primary amides is 1. The summed E-state index contributed by atoms with van der Waals surface area (Å²) in [5.74, 6) is -0.0583. The minimum absolute atomic E-state index is 0.0884. The Morgan fingerprint density at radius 3 is 2.69 bits per heavy atom. The molecule has 11 nitrogen and oxygen atoms in total. The monoisotopic (exact) mass is 434 g/mol. The van der Waals surface area contributed by atoms with Gasteiger partial charge in [-0.15, -0.1) is 5.10 Å². The number of benzene rings is 2. The summed E-state index contributed by atoms with van der Waals surface area (Å²) in [6.07, 6.45) is 4.17. The molecule has 0 radical (unpaired) electrons. The summed E-state index contributed by atoms with van der Waals surface area (Å²) in [5.41, 5.74) is 6.09. The number of tetrazole rings is 1. The van der Waals surface area contributed by atoms with E-state index in [1.807, 2.05) is 0 Å². The Bertz CT molecular complexity index is 1260. The van der Waals surface area contributed by atoms with Gasteiger partial charge in [0.05, 0.1) is 11.9 Å². The maximum atomic E-state index is 14.7. The van der Waals surface area contributed by atoms with Crippen LogP contribution in [0.5, 0.6) is 17.2 Å². The van der Waals surface area contributed by atoms with Crippen LogP contribution in [0.1, 0.15) is 5.56 Å². The SMILES string of the molecule is NC(=O)N(/N=C/c1ccc(O)cc1)c1ccc(Oc2ccnc(-n3cnnn3)c2)c(F)c1. The fraction of sp³-hybridized carbons (Fsp3) is 0. The van der Waals surface area contributed by atoms with Crippen LogP contribution in [-0.4, -0.2) is 42.5 Å². The Kier molecular flexibility index (Phi) is 5.66. The topological polar surface area (TPSA) is 145 Å². The van der Waals surface area contributed by atoms with E-state index in [9.17, 15) is 14.3 Å². The number of hydrogen-bond donors (Lipinski definition) is 2. The summed E-state index contributed by atoms with van der Waals surface area (Å²) in [7, 11) is 0. The first-order valence-electron chi connectivity index (χ1n) is 9.09. The van der Waals surface area contributed by atoms with Crippen molar-refractivity contribution in [1.82, 2.24) is 25.2 Å². The third-order valence-corrected chi connectivity index (χ3v) is 4.11. The second kappa shape index (κ2) is 8.87. The van der Waals surface area contributed by atoms with Crippen LogP contribution in [0, 0.1) is 5.82 Å². The third kappa shape index (κ3) is 4.64. The molecule has 0 saturated carbocycles. The average molecular weight is 434 g/mol. The molecule has 3 N–H and O–H groups in total. The lowest BCUT2D eigenvalue weighted by Crippen LogP contribution is -2.31. The molecule has 2 aromatic carbocycles. The number of aromatic nitrogens is 5. The zero-order valence-corrected chi connectivity index (χ0v) is 16.3. The molecule has 2 aromatic heterocycles. The van der Waals surface area contributed by atoms with Gasteiger partial charge in [-0.1, -0.05) is 0 Å². The van der Waals surface area contributed by atoms with Crippen molar-refractivity contribution in [2.75, 3.05) is 5.01 Å². The molecule has 0 bridgehead atoms. The van der Waals surface area contributed by atoms with Crippen LogP contribution in [0.3, 0.4) is 0 Å². The minimum Gasteiger partial charge on any atom is -0.508 e. The van der Waals surface area contributed by atoms with E-state index in [4.69, 9.17) is 10.5 Å². The molecule has 2 amide bonds. The summed E-state index contributed by atoms with van der Waals surface area (Å²) in [6.45, 7) is 0. The van der Waals surface area contributed by atoms with Gasteiger partial charge in [0.1, 0.15) is 17.8 Å². The number of carbonyl (C=O) groups excluding carboxylic acids is 1. The Balaban J connectivity index is 1.54. The molecule has 0 aliphatic heterocycles. The number of hydrazone groups is 1. The van der Waals surface area contributed by atoms with Gasteiger partial charge in [0.2, 0.25) is 0 Å². The van der Waals surface area contributed by atoms with E-state index in [0.717, 1.165) is 11.1 Å². The number of ether oxygens (including phenoxy) is 1. The van der Waals surface area contributed by atoms with Crippen molar-refractivity contribution >= 4 is 17.9 Å². The van der Waals surface area contributed by atoms with Crippen molar-refractivity contribution in [3.05, 3.63) is 78.5 Å². The maximum absolute atomic E-state index is 14.7. The second-order valence-corrected chi connectivity index (χ2v) is 6.31. The van der Waals surface area contributed by atoms with Gasteiger partial charge in [0.25, 0.3) is 0 Å². The van der Waals surface area contributed by atoms with Gasteiger partial charge in [-0.25, -0.2) is 14.2 Å². The molecule has 0 aliphatic carbocycles. The third-order valence-electron chi connectivity index (χ3n) is 4.11. The molecule has 32 heavy (non-hydrogen) atoms. The number of urea groups is 1. The zero-order valence-electron chi connectivity index (χ0n) is 16.3. The lowest BCUT2D eigenvalue weighted by atomic mass is 10.2. The molecule has 0 saturated heterocycles. The van der Waals surface area contributed by atoms with Crippen LogP contribution in [0.25, 0.3) is 5.82 Å². The van der Waals surface area contributed by atoms with E-state index in [-0.39, 0.29) is 17.2 Å². The Morgan fingerprint density at radius 1 is 1.19 bits per heavy atom. The van der Waals surface area contributed by atoms with Crippen molar-refractivity contribution in [3.63, 3.8) is 0 Å². The first-order chi connectivity index (χ1) is 15.5. The van der Waals surface area contributed by atoms with Crippen molar-refractivity contribution < 1.29 is 19.0 Å². The van der Waals surface area contributed by atoms with Gasteiger partial charge in [0, 0.05) is 18.3 Å². The quantitative estimate of drug-likeness (QED) is 0.350. The molecule has 0 fully saturated rings. The van der Waals surface area contributed by atoms with Gasteiger partial charge in [0.15, 0.2) is 17.4 Å². The molecule has 0 atom stereocenters. The van der Waals surface area contributed by atoms with E-state index in [2.05, 4.69) is 25.6 Å². The van der Waals surface area contributed by atoms with Crippen LogP contribution >= 0.6 is 0 Å². The Morgan fingerprint density at radius 2 is 2.00 bits per heavy atom. The number of phenols is 1. The van der Waals surface area contributed by atoms with Crippen molar-refractivity contribution in [2.45, 2.75) is 0 Å². The highest BCUT2D eigenvalue weighted by Gasteiger charge is 2.15. The van der Waals surface area contributed by atoms with Crippen LogP contribution in [0.2, 0.25) is 0 Å². The number of phenolic OH excluding ortho intramolecular Hbond substituents is 1. The first kappa shape index (κ1) is 20.4. The molecule has 4 aromatic rings. The molecule has 0 aliphatic rings. The zero-order chi connectivity index (χ0) is 22.5. The second-order valence-electron chi connectivity index (χ2n) is 6.31. The lowest BCUT2D eigenvalue weighted by molar-refractivity contribution is 0.254. The molecule has 12 heteroatoms. The van der Waals surface area contributed by atoms with Crippen LogP contribution in [-0.2, 0) is 0 Å². The number of aromatic hydroxyl groups is 1. The van der Waals surface area contributed by atoms with Crippen molar-refractivity contribution in [3.8, 4) is 23.1 Å². The predicted octanol–water partition coefficient (Wildman–Crippen LogP) is 2.61. The van der Waals surface area contributed by atoms with E-state index in [1.165, 1.54) is 53.8 Å². The van der Waals surface area contributed by atoms with Crippen LogP contribution in [0.15, 0.2) is 72.2 Å². The molecule has 0 spiro atoms. The van der Waals surface area contributed by atoms with Crippen LogP contribution in [0.4, 0.5) is 14.9 Å². The first-order valence-corrected chi connectivity index (χ1v) is 9.09. The summed E-state index contributed by atoms with van der Waals surface area (Å²) in [4.78, 5) is 15.9. The number of nitrogens with two attached hydrogens (primary N) is 1. The molecular weight excluding hydrogens is 419 g/mol. The number of nitrogens with zero attached hydrogens (tertiary/aromatic N) is 7. The summed E-state index contributed by atoms with van der Waals surface area (Å²) in [6, 6.07) is 12.1. The fourth-order valence-electron chi connectivity index (χ4n) is 2.62. The number of rotatable bonds is 6. The highest BCUT2D eigenvalue weighted by molar-refractivity contribution is 5.93. The van der Waals surface area contributed by atoms with Gasteiger partial charge in [-0.3, -0.25) is 0 Å². The molecule has 4 rings (SSSR count). The molecular formula is C20H15FN8O3. The van der Waals surface area contributed by atoms with Gasteiger partial charge in [-0.05, 0) is 58.5 Å². The predicted molar refractivity (Wildman–Crippen MR) is 111 cm³/mol. The maximum Gasteiger partial charge on any atom is 0.340 e. The van der Waals surface area contributed by atoms with Gasteiger partial charge >= 0.3 is 6.03 Å². The number of hydrogen-bond acceptors (Lipinski definition) is 8. The molecule has 2 heterocycles. The average Bonchev–Trinajstić information content (AvgIpc) is 3.32. The van der Waals surface area contributed by atoms with Gasteiger partial charge in [-0.2, -0.15) is 14.8 Å². The summed E-state index contributed by atoms with van der Waals surface area (Å²) in [5, 5.41) is 25.0. The highest BCUT2D eigenvalue weighted by Crippen LogP contribution is 2.28. The van der Waals surface area contributed by atoms with E-state index >= 15 is 0 Å². The summed E-state index contributed by atoms with van der Waals surface area (Å²) >= 11 is 0. The molecule has 160 valence electrons. The smallest absolute Gasteiger partial charge is 0.340 e. The van der Waals surface area contributed by atoms with Crippen LogP contribution < -0.4 is 15.5 Å². The summed E-state index contributed by atoms with van der Waals surface area (Å²) < 4.78 is 21.6. The van der Waals surface area contributed by atoms with E-state index in [1.54, 1.807) is 18.2 Å². The van der Waals surface area contributed by atoms with E-state index in [0.29, 0.717) is 17.1 Å². The fourth-order valence-corrected chi connectivity index (χ4v) is 2.62. The van der Waals surface area contributed by atoms with Crippen molar-refractivity contribution in [2.24, 2.45) is 10.8 Å². The Hall–Kier alpha value is -4.87. The number of halogens is 1. The number of carbonyl (C=O) groups is 1. The number of pyridine rings is 1. The van der Waals surface area contributed by atoms with Crippen molar-refractivity contribution in [1.29, 1.82) is 0 Å². The highest BCUT2D eigenvalue weighted by atomic mass is 19.1. The standard InChI is InChI=1S/C20H15FN8O3/c21-17-9-14(29(20(22)31)25-11-13-1-4-15(30)5-2-13)3-6-18(17)32-16-7-8-23-19(10-16)28-12-24-26-27-28/h1-12,30H,(H2,22,31)/b25-11+. The Labute approximate surface area is 180 Å². The number of anilines is 1. The minimum atomic E-state index is -0.909.